The van der Waals surface area contributed by atoms with Crippen LogP contribution in [0, 0.1) is 0 Å². The first kappa shape index (κ1) is 67.1. The fourth-order valence-electron chi connectivity index (χ4n) is 0.705. The molecular formula is C3H8OS47. The Kier molecular flexibility index (Phi) is 79.6. The maximum atomic E-state index is 5.55. The first-order chi connectivity index (χ1) is 25.1. The Morgan fingerprint density at radius 2 is 0.510 bits per heavy atom. The molecule has 308 valence electrons. The van der Waals surface area contributed by atoms with Crippen LogP contribution in [-0.2, 0) is 33.0 Å². The average molecular weight is 1570 g/mol. The van der Waals surface area contributed by atoms with Gasteiger partial charge in [0.1, 0.15) is 0 Å². The van der Waals surface area contributed by atoms with E-state index >= 15 is 0 Å². The molecule has 0 aromatic heterocycles. The third kappa shape index (κ3) is 62.2. The lowest BCUT2D eigenvalue weighted by Gasteiger charge is -2.07. The van der Waals surface area contributed by atoms with Gasteiger partial charge in [-0.25, -0.2) is 0 Å². The molecule has 0 rings (SSSR count). The molecule has 0 radical (unpaired) electrons. The predicted molar refractivity (Wildman–Crippen MR) is 374 cm³/mol. The second-order valence-electron chi connectivity index (χ2n) is 4.16. The van der Waals surface area contributed by atoms with E-state index in [1.165, 1.54) is 19.7 Å². The van der Waals surface area contributed by atoms with Crippen molar-refractivity contribution in [1.29, 1.82) is 0 Å². The van der Waals surface area contributed by atoms with Crippen molar-refractivity contribution >= 4 is 463 Å². The van der Waals surface area contributed by atoms with E-state index in [1.807, 2.05) is 265 Å². The molecule has 0 heterocycles. The van der Waals surface area contributed by atoms with Crippen molar-refractivity contribution in [3.8, 4) is 0 Å². The summed E-state index contributed by atoms with van der Waals surface area (Å²) < 4.78 is 5.55. The molecule has 0 aliphatic rings. The lowest BCUT2D eigenvalue weighted by atomic mass is 10.5. The molecule has 0 N–H and O–H groups in total. The van der Waals surface area contributed by atoms with Crippen LogP contribution in [0.4, 0.5) is 0 Å². The molecule has 0 spiro atoms. The van der Waals surface area contributed by atoms with Gasteiger partial charge in [-0.05, 0) is 107 Å². The molecule has 0 atom stereocenters. The Balaban J connectivity index is 3.10. The van der Waals surface area contributed by atoms with Crippen LogP contribution in [-0.4, -0.2) is 6.61 Å². The van der Waals surface area contributed by atoms with Crippen LogP contribution in [0.25, 0.3) is 0 Å². The van der Waals surface area contributed by atoms with E-state index in [2.05, 4.69) is 18.6 Å². The van der Waals surface area contributed by atoms with E-state index in [0.717, 1.165) is 6.42 Å². The number of rotatable bonds is 46. The maximum Gasteiger partial charge on any atom is 0.0820 e. The van der Waals surface area contributed by atoms with Crippen LogP contribution < -0.4 is 0 Å². The zero-order valence-corrected chi connectivity index (χ0v) is 60.5. The quantitative estimate of drug-likeness (QED) is 0.0352. The Morgan fingerprint density at radius 3 is 0.686 bits per heavy atom. The van der Waals surface area contributed by atoms with Gasteiger partial charge in [-0.3, -0.25) is 0 Å². The predicted octanol–water partition coefficient (Wildman–Crippen LogP) is 29.1. The van der Waals surface area contributed by atoms with Crippen LogP contribution >= 0.6 is 434 Å². The van der Waals surface area contributed by atoms with Crippen LogP contribution in [0.5, 0.6) is 0 Å². The van der Waals surface area contributed by atoms with E-state index in [0.29, 0.717) is 6.61 Å². The number of thiol groups is 1. The van der Waals surface area contributed by atoms with Crippen molar-refractivity contribution < 1.29 is 4.18 Å². The fourth-order valence-corrected chi connectivity index (χ4v) is 121. The molecule has 0 saturated heterocycles. The summed E-state index contributed by atoms with van der Waals surface area (Å²) in [6.07, 6.45) is 0.948. The Hall–Kier alpha value is 16.1. The molecular weight excluding hydrogens is 1560 g/mol. The van der Waals surface area contributed by atoms with Gasteiger partial charge in [0.05, 0.1) is 13.1 Å². The molecule has 0 aromatic carbocycles. The molecule has 0 amide bonds. The first-order valence-electron chi connectivity index (χ1n) is 9.35. The third-order valence-corrected chi connectivity index (χ3v) is 102. The van der Waals surface area contributed by atoms with Gasteiger partial charge >= 0.3 is 0 Å². The molecule has 0 unspecified atom stereocenters. The normalized spacial score (nSPS) is 12.0. The summed E-state index contributed by atoms with van der Waals surface area (Å²) in [6, 6.07) is 0. The monoisotopic (exact) mass is 1560 g/mol. The summed E-state index contributed by atoms with van der Waals surface area (Å²) in [5.41, 5.74) is 0. The first-order valence-corrected chi connectivity index (χ1v) is 71.1. The van der Waals surface area contributed by atoms with E-state index < -0.39 is 6.46 Å². The van der Waals surface area contributed by atoms with E-state index in [-0.39, 0.29) is 0 Å². The van der Waals surface area contributed by atoms with E-state index in [1.54, 1.807) is 138 Å². The van der Waals surface area contributed by atoms with Crippen LogP contribution in [0.1, 0.15) is 13.3 Å². The second kappa shape index (κ2) is 60.5. The molecule has 0 aromatic rings. The molecule has 0 bridgehead atoms. The summed E-state index contributed by atoms with van der Waals surface area (Å²) in [5, 5.41) is 0. The SMILES string of the molecule is CCCOS(=S)(=S)SSSSSSSSSSSSSSSSSSSSSSSSSSSSSSSSSSSSSSSSSSSS. The van der Waals surface area contributed by atoms with Crippen LogP contribution in [0.3, 0.4) is 0 Å². The molecule has 0 aliphatic heterocycles. The highest BCUT2D eigenvalue weighted by Crippen LogP contribution is 2.68. The second-order valence-corrected chi connectivity index (χ2v) is 87.6. The minimum absolute atomic E-state index is 0.650. The van der Waals surface area contributed by atoms with Gasteiger partial charge in [-0.15, -0.1) is 0 Å². The lowest BCUT2D eigenvalue weighted by molar-refractivity contribution is 0.374. The third-order valence-electron chi connectivity index (χ3n) is 1.68. The van der Waals surface area contributed by atoms with Gasteiger partial charge in [0.25, 0.3) is 0 Å². The summed E-state index contributed by atoms with van der Waals surface area (Å²) >= 11 is 14.7. The van der Waals surface area contributed by atoms with Gasteiger partial charge in [0.2, 0.25) is 0 Å². The minimum Gasteiger partial charge on any atom is -0.301 e. The van der Waals surface area contributed by atoms with Gasteiger partial charge < -0.3 is 4.18 Å². The lowest BCUT2D eigenvalue weighted by Crippen LogP contribution is -1.96. The molecule has 0 fully saturated rings. The fraction of sp³-hybridized carbons (Fsp3) is 1.00. The van der Waals surface area contributed by atoms with Crippen LogP contribution in [0.15, 0.2) is 0 Å². The maximum absolute atomic E-state index is 5.55. The van der Waals surface area contributed by atoms with Crippen LogP contribution in [0.2, 0.25) is 0 Å². The molecule has 0 saturated carbocycles. The standard InChI is InChI=1S/C3H8OS47/c1-2-3-4-51(6,7)50-49-48-47-46-45-44-43-42-41-40-39-38-37-36-35-34-33-32-31-30-29-28-27-26-25-24-23-22-21-20-19-18-17-16-15-14-13-12-11-10-9-8-5/h5H,2-3H2,1H3. The van der Waals surface area contributed by atoms with Crippen molar-refractivity contribution in [2.75, 3.05) is 6.61 Å². The highest BCUT2D eigenvalue weighted by atomic mass is 34.1. The summed E-state index contributed by atoms with van der Waals surface area (Å²) in [4.78, 5) is 0. The zero-order chi connectivity index (χ0) is 37.0. The zero-order valence-electron chi connectivity index (χ0n) is 22.0. The molecule has 51 heavy (non-hydrogen) atoms. The highest BCUT2D eigenvalue weighted by Gasteiger charge is 2.06. The minimum atomic E-state index is -1.82. The Labute approximate surface area is 474 Å². The van der Waals surface area contributed by atoms with Gasteiger partial charge in [0.15, 0.2) is 0 Å². The largest absolute Gasteiger partial charge is 0.301 e. The smallest absolute Gasteiger partial charge is 0.0820 e. The van der Waals surface area contributed by atoms with Gasteiger partial charge in [0, 0.05) is 344 Å². The highest BCUT2D eigenvalue weighted by molar-refractivity contribution is 9.62. The average Bonchev–Trinajstić information content (AvgIpc) is 3.13. The van der Waals surface area contributed by atoms with E-state index in [9.17, 15) is 0 Å². The number of hydrogen-bond donors (Lipinski definition) is 1. The molecule has 1 nitrogen and oxygen atoms in total. The molecule has 0 aliphatic carbocycles. The van der Waals surface area contributed by atoms with Gasteiger partial charge in [-0.2, -0.15) is 0 Å². The topological polar surface area (TPSA) is 9.23 Å². The summed E-state index contributed by atoms with van der Waals surface area (Å²) in [5.74, 6) is 0. The van der Waals surface area contributed by atoms with Crippen molar-refractivity contribution in [3.63, 3.8) is 0 Å². The van der Waals surface area contributed by atoms with Crippen molar-refractivity contribution in [1.82, 2.24) is 0 Å². The summed E-state index contributed by atoms with van der Waals surface area (Å²) in [6.45, 7) is 0.894. The number of hydrogen-bond acceptors (Lipinski definition) is 47. The summed E-state index contributed by atoms with van der Waals surface area (Å²) in [7, 11) is 76.7. The van der Waals surface area contributed by atoms with Crippen molar-refractivity contribution in [2.45, 2.75) is 13.3 Å². The molecule has 48 heteroatoms. The van der Waals surface area contributed by atoms with Crippen molar-refractivity contribution in [3.05, 3.63) is 0 Å². The van der Waals surface area contributed by atoms with Crippen molar-refractivity contribution in [2.24, 2.45) is 0 Å². The van der Waals surface area contributed by atoms with E-state index in [4.69, 9.17) is 26.6 Å². The Morgan fingerprint density at radius 1 is 0.333 bits per heavy atom. The Bertz CT molecular complexity index is 721. The van der Waals surface area contributed by atoms with Gasteiger partial charge in [-0.1, -0.05) is 18.6 Å².